The minimum Gasteiger partial charge on any atom is -0.490 e. The second kappa shape index (κ2) is 11.6. The summed E-state index contributed by atoms with van der Waals surface area (Å²) in [5.74, 6) is -1.12. The number of aliphatic hydroxyl groups is 1. The number of nitrogens with one attached hydrogen (secondary N) is 1. The molecule has 0 saturated carbocycles. The summed E-state index contributed by atoms with van der Waals surface area (Å²) in [6.45, 7) is 0.245. The van der Waals surface area contributed by atoms with Gasteiger partial charge in [-0.1, -0.05) is 60.1 Å². The molecule has 0 bridgehead atoms. The van der Waals surface area contributed by atoms with Gasteiger partial charge in [-0.25, -0.2) is 18.4 Å². The Morgan fingerprint density at radius 2 is 1.67 bits per heavy atom. The molecule has 198 valence electrons. The highest BCUT2D eigenvalue weighted by molar-refractivity contribution is 6.30. The lowest BCUT2D eigenvalue weighted by Crippen LogP contribution is -2.39. The molecule has 1 aromatic heterocycles. The molecule has 2 N–H and O–H groups in total. The minimum atomic E-state index is -1.82. The monoisotopic (exact) mass is 546 g/mol. The van der Waals surface area contributed by atoms with Gasteiger partial charge in [-0.15, -0.1) is 0 Å². The van der Waals surface area contributed by atoms with Crippen LogP contribution in [0.5, 0.6) is 5.75 Å². The highest BCUT2D eigenvalue weighted by atomic mass is 35.5. The van der Waals surface area contributed by atoms with Crippen LogP contribution in [0, 0.1) is 11.6 Å². The first-order chi connectivity index (χ1) is 18.9. The van der Waals surface area contributed by atoms with Crippen molar-refractivity contribution in [2.75, 3.05) is 11.9 Å². The highest BCUT2D eigenvalue weighted by Gasteiger charge is 2.34. The van der Waals surface area contributed by atoms with Gasteiger partial charge in [0.2, 0.25) is 0 Å². The average molecular weight is 547 g/mol. The van der Waals surface area contributed by atoms with E-state index in [2.05, 4.69) is 27.5 Å². The normalized spacial score (nSPS) is 12.6. The molecule has 0 aliphatic heterocycles. The molecule has 1 heterocycles. The van der Waals surface area contributed by atoms with Crippen LogP contribution in [0.2, 0.25) is 5.02 Å². The standard InChI is InChI=1S/C30H25ClF2N4O2/c31-24-2-1-3-26(14-24)35-16-21-4-6-22(7-5-21)23-8-11-27(12-9-23)39-18-30(38,17-37-20-34-19-36-37)28-13-10-25(32)15-29(28)33/h1-15,19-20,35,38H,16-18H2. The fraction of sp³-hybridized carbons (Fsp3) is 0.133. The molecule has 6 nitrogen and oxygen atoms in total. The summed E-state index contributed by atoms with van der Waals surface area (Å²) in [6.07, 6.45) is 2.71. The van der Waals surface area contributed by atoms with E-state index in [0.717, 1.165) is 34.5 Å². The number of hydrogen-bond acceptors (Lipinski definition) is 5. The molecule has 0 saturated heterocycles. The minimum absolute atomic E-state index is 0.0963. The van der Waals surface area contributed by atoms with Crippen molar-refractivity contribution in [1.29, 1.82) is 0 Å². The summed E-state index contributed by atoms with van der Waals surface area (Å²) in [4.78, 5) is 3.86. The van der Waals surface area contributed by atoms with Gasteiger partial charge >= 0.3 is 0 Å². The maximum Gasteiger partial charge on any atom is 0.146 e. The summed E-state index contributed by atoms with van der Waals surface area (Å²) in [5.41, 5.74) is 2.18. The predicted octanol–water partition coefficient (Wildman–Crippen LogP) is 6.46. The summed E-state index contributed by atoms with van der Waals surface area (Å²) in [5, 5.41) is 19.4. The zero-order chi connectivity index (χ0) is 27.2. The summed E-state index contributed by atoms with van der Waals surface area (Å²) >= 11 is 6.04. The van der Waals surface area contributed by atoms with E-state index >= 15 is 0 Å². The molecule has 0 aliphatic carbocycles. The van der Waals surface area contributed by atoms with E-state index in [0.29, 0.717) is 17.3 Å². The maximum atomic E-state index is 14.6. The third-order valence-corrected chi connectivity index (χ3v) is 6.50. The summed E-state index contributed by atoms with van der Waals surface area (Å²) in [6, 6.07) is 26.2. The number of ether oxygens (including phenoxy) is 1. The van der Waals surface area contributed by atoms with Crippen molar-refractivity contribution in [3.8, 4) is 16.9 Å². The molecular weight excluding hydrogens is 522 g/mol. The quantitative estimate of drug-likeness (QED) is 0.210. The second-order valence-electron chi connectivity index (χ2n) is 9.12. The Bertz CT molecular complexity index is 1530. The fourth-order valence-corrected chi connectivity index (χ4v) is 4.41. The molecule has 0 amide bonds. The molecular formula is C30H25ClF2N4O2. The van der Waals surface area contributed by atoms with Crippen LogP contribution in [0.15, 0.2) is 104 Å². The third kappa shape index (κ3) is 6.60. The fourth-order valence-electron chi connectivity index (χ4n) is 4.22. The van der Waals surface area contributed by atoms with Crippen molar-refractivity contribution < 1.29 is 18.6 Å². The molecule has 0 fully saturated rings. The van der Waals surface area contributed by atoms with E-state index in [9.17, 15) is 13.9 Å². The van der Waals surface area contributed by atoms with Crippen LogP contribution in [-0.4, -0.2) is 26.5 Å². The van der Waals surface area contributed by atoms with E-state index in [1.165, 1.54) is 23.4 Å². The predicted molar refractivity (Wildman–Crippen MR) is 146 cm³/mol. The van der Waals surface area contributed by atoms with Gasteiger partial charge in [-0.3, -0.25) is 0 Å². The first-order valence-corrected chi connectivity index (χ1v) is 12.6. The van der Waals surface area contributed by atoms with Crippen LogP contribution in [-0.2, 0) is 18.7 Å². The van der Waals surface area contributed by atoms with Crippen LogP contribution in [0.3, 0.4) is 0 Å². The molecule has 1 atom stereocenters. The molecule has 0 spiro atoms. The van der Waals surface area contributed by atoms with Crippen LogP contribution >= 0.6 is 11.6 Å². The number of aromatic nitrogens is 3. The zero-order valence-corrected chi connectivity index (χ0v) is 21.5. The van der Waals surface area contributed by atoms with Crippen LogP contribution < -0.4 is 10.1 Å². The number of hydrogen-bond donors (Lipinski definition) is 2. The number of nitrogens with zero attached hydrogens (tertiary/aromatic N) is 3. The van der Waals surface area contributed by atoms with Gasteiger partial charge in [0.25, 0.3) is 0 Å². The highest BCUT2D eigenvalue weighted by Crippen LogP contribution is 2.29. The number of halogens is 3. The number of anilines is 1. The summed E-state index contributed by atoms with van der Waals surface area (Å²) in [7, 11) is 0. The van der Waals surface area contributed by atoms with Crippen LogP contribution in [0.25, 0.3) is 11.1 Å². The van der Waals surface area contributed by atoms with Gasteiger partial charge in [0.1, 0.15) is 42.2 Å². The first kappa shape index (κ1) is 26.3. The lowest BCUT2D eigenvalue weighted by atomic mass is 9.94. The molecule has 0 aliphatic rings. The largest absolute Gasteiger partial charge is 0.490 e. The topological polar surface area (TPSA) is 72.2 Å². The smallest absolute Gasteiger partial charge is 0.146 e. The molecule has 39 heavy (non-hydrogen) atoms. The molecule has 9 heteroatoms. The Balaban J connectivity index is 1.25. The average Bonchev–Trinajstić information content (AvgIpc) is 3.44. The number of benzene rings is 4. The van der Waals surface area contributed by atoms with Gasteiger partial charge < -0.3 is 15.2 Å². The van der Waals surface area contributed by atoms with E-state index < -0.39 is 17.2 Å². The first-order valence-electron chi connectivity index (χ1n) is 12.2. The van der Waals surface area contributed by atoms with Crippen molar-refractivity contribution in [3.63, 3.8) is 0 Å². The van der Waals surface area contributed by atoms with E-state index in [-0.39, 0.29) is 18.7 Å². The van der Waals surface area contributed by atoms with Gasteiger partial charge in [0, 0.05) is 28.9 Å². The van der Waals surface area contributed by atoms with Gasteiger partial charge in [0.15, 0.2) is 0 Å². The molecule has 5 rings (SSSR count). The van der Waals surface area contributed by atoms with Crippen LogP contribution in [0.1, 0.15) is 11.1 Å². The Morgan fingerprint density at radius 1 is 0.923 bits per heavy atom. The van der Waals surface area contributed by atoms with E-state index in [1.54, 1.807) is 12.1 Å². The third-order valence-electron chi connectivity index (χ3n) is 6.26. The van der Waals surface area contributed by atoms with E-state index in [4.69, 9.17) is 16.3 Å². The van der Waals surface area contributed by atoms with Crippen molar-refractivity contribution in [2.45, 2.75) is 18.7 Å². The number of rotatable bonds is 10. The summed E-state index contributed by atoms with van der Waals surface area (Å²) < 4.78 is 35.3. The van der Waals surface area contributed by atoms with Gasteiger partial charge in [-0.05, 0) is 53.1 Å². The van der Waals surface area contributed by atoms with Crippen molar-refractivity contribution in [3.05, 3.63) is 131 Å². The lowest BCUT2D eigenvalue weighted by Gasteiger charge is -2.29. The van der Waals surface area contributed by atoms with E-state index in [1.807, 2.05) is 48.5 Å². The Morgan fingerprint density at radius 3 is 2.33 bits per heavy atom. The van der Waals surface area contributed by atoms with Crippen LogP contribution in [0.4, 0.5) is 14.5 Å². The van der Waals surface area contributed by atoms with Gasteiger partial charge in [0.05, 0.1) is 6.54 Å². The van der Waals surface area contributed by atoms with Crippen molar-refractivity contribution in [2.24, 2.45) is 0 Å². The Labute approximate surface area is 229 Å². The second-order valence-corrected chi connectivity index (χ2v) is 9.56. The zero-order valence-electron chi connectivity index (χ0n) is 20.8. The maximum absolute atomic E-state index is 14.6. The molecule has 5 aromatic rings. The van der Waals surface area contributed by atoms with Crippen molar-refractivity contribution in [1.82, 2.24) is 14.8 Å². The Kier molecular flexibility index (Phi) is 7.86. The van der Waals surface area contributed by atoms with Crippen molar-refractivity contribution >= 4 is 17.3 Å². The Hall–Kier alpha value is -4.27. The molecule has 0 radical (unpaired) electrons. The SMILES string of the molecule is OC(COc1ccc(-c2ccc(CNc3cccc(Cl)c3)cc2)cc1)(Cn1cncn1)c1ccc(F)cc1F. The molecule has 1 unspecified atom stereocenters. The molecule has 4 aromatic carbocycles. The lowest BCUT2D eigenvalue weighted by molar-refractivity contribution is -0.0297. The van der Waals surface area contributed by atoms with Gasteiger partial charge in [-0.2, -0.15) is 5.10 Å².